The number of carbonyl (C=O) groups is 2. The van der Waals surface area contributed by atoms with Crippen molar-refractivity contribution in [3.05, 3.63) is 59.7 Å². The van der Waals surface area contributed by atoms with Crippen molar-refractivity contribution in [2.24, 2.45) is 0 Å². The number of nitrogens with one attached hydrogen (secondary N) is 2. The first-order chi connectivity index (χ1) is 12.3. The number of amides is 1. The number of carbonyl (C=O) groups excluding carboxylic acids is 2. The van der Waals surface area contributed by atoms with Crippen molar-refractivity contribution in [1.82, 2.24) is 4.72 Å². The molecule has 1 amide bonds. The van der Waals surface area contributed by atoms with Crippen LogP contribution in [0.15, 0.2) is 53.4 Å². The zero-order valence-corrected chi connectivity index (χ0v) is 14.9. The summed E-state index contributed by atoms with van der Waals surface area (Å²) in [6.45, 7) is 2.14. The summed E-state index contributed by atoms with van der Waals surface area (Å²) in [5.41, 5.74) is 2.03. The van der Waals surface area contributed by atoms with Crippen LogP contribution in [0.2, 0.25) is 0 Å². The number of hydrogen-bond donors (Lipinski definition) is 2. The van der Waals surface area contributed by atoms with Crippen molar-refractivity contribution < 1.29 is 22.7 Å². The number of anilines is 1. The van der Waals surface area contributed by atoms with Crippen molar-refractivity contribution in [3.8, 4) is 0 Å². The molecule has 2 aromatic carbocycles. The van der Waals surface area contributed by atoms with Crippen LogP contribution in [0, 0.1) is 6.92 Å². The van der Waals surface area contributed by atoms with Gasteiger partial charge in [-0.15, -0.1) is 0 Å². The van der Waals surface area contributed by atoms with E-state index in [4.69, 9.17) is 4.74 Å². The minimum atomic E-state index is -3.84. The minimum absolute atomic E-state index is 0.00512. The van der Waals surface area contributed by atoms with Gasteiger partial charge < -0.3 is 10.1 Å². The van der Waals surface area contributed by atoms with Crippen LogP contribution in [0.3, 0.4) is 0 Å². The van der Waals surface area contributed by atoms with Crippen molar-refractivity contribution in [3.63, 3.8) is 0 Å². The molecule has 1 aliphatic rings. The van der Waals surface area contributed by atoms with Crippen LogP contribution in [0.4, 0.5) is 5.69 Å². The Morgan fingerprint density at radius 3 is 2.31 bits per heavy atom. The van der Waals surface area contributed by atoms with E-state index in [0.29, 0.717) is 17.7 Å². The van der Waals surface area contributed by atoms with Gasteiger partial charge in [-0.1, -0.05) is 17.7 Å². The largest absolute Gasteiger partial charge is 0.464 e. The number of esters is 1. The molecule has 7 nitrogen and oxygen atoms in total. The maximum absolute atomic E-state index is 12.3. The average molecular weight is 374 g/mol. The molecular weight excluding hydrogens is 356 g/mol. The summed E-state index contributed by atoms with van der Waals surface area (Å²) in [5, 5.41) is 2.71. The molecule has 8 heteroatoms. The molecule has 1 fully saturated rings. The van der Waals surface area contributed by atoms with Crippen LogP contribution >= 0.6 is 0 Å². The number of aryl methyl sites for hydroxylation is 1. The highest BCUT2D eigenvalue weighted by atomic mass is 32.2. The van der Waals surface area contributed by atoms with E-state index in [-0.39, 0.29) is 17.4 Å². The van der Waals surface area contributed by atoms with Gasteiger partial charge >= 0.3 is 5.97 Å². The van der Waals surface area contributed by atoms with Crippen molar-refractivity contribution >= 4 is 27.6 Å². The molecule has 1 aliphatic heterocycles. The molecule has 0 aliphatic carbocycles. The third-order valence-corrected chi connectivity index (χ3v) is 5.46. The zero-order valence-electron chi connectivity index (χ0n) is 14.1. The van der Waals surface area contributed by atoms with Gasteiger partial charge in [0.25, 0.3) is 5.91 Å². The lowest BCUT2D eigenvalue weighted by Gasteiger charge is -2.11. The van der Waals surface area contributed by atoms with Crippen LogP contribution in [0.5, 0.6) is 0 Å². The van der Waals surface area contributed by atoms with Gasteiger partial charge in [-0.05, 0) is 43.3 Å². The Morgan fingerprint density at radius 1 is 1.08 bits per heavy atom. The molecule has 1 unspecified atom stereocenters. The lowest BCUT2D eigenvalue weighted by atomic mass is 10.1. The number of benzene rings is 2. The minimum Gasteiger partial charge on any atom is -0.464 e. The summed E-state index contributed by atoms with van der Waals surface area (Å²) in [6.07, 6.45) is 0.308. The smallest absolute Gasteiger partial charge is 0.324 e. The number of rotatable bonds is 5. The molecule has 1 atom stereocenters. The Morgan fingerprint density at radius 2 is 1.73 bits per heavy atom. The molecule has 0 aromatic heterocycles. The second-order valence-corrected chi connectivity index (χ2v) is 7.69. The second kappa shape index (κ2) is 7.27. The van der Waals surface area contributed by atoms with E-state index < -0.39 is 22.0 Å². The van der Waals surface area contributed by atoms with Gasteiger partial charge in [0.1, 0.15) is 6.04 Å². The quantitative estimate of drug-likeness (QED) is 0.778. The maximum atomic E-state index is 12.3. The fraction of sp³-hybridized carbons (Fsp3) is 0.222. The zero-order chi connectivity index (χ0) is 18.7. The van der Waals surface area contributed by atoms with E-state index in [0.717, 1.165) is 5.56 Å². The Labute approximate surface area is 151 Å². The van der Waals surface area contributed by atoms with E-state index in [2.05, 4.69) is 10.0 Å². The van der Waals surface area contributed by atoms with Crippen LogP contribution in [0.1, 0.15) is 22.3 Å². The maximum Gasteiger partial charge on any atom is 0.324 e. The van der Waals surface area contributed by atoms with E-state index in [9.17, 15) is 18.0 Å². The van der Waals surface area contributed by atoms with E-state index in [1.54, 1.807) is 12.1 Å². The Bertz CT molecular complexity index is 921. The van der Waals surface area contributed by atoms with Gasteiger partial charge in [0.2, 0.25) is 10.0 Å². The normalized spacial score (nSPS) is 17.0. The summed E-state index contributed by atoms with van der Waals surface area (Å²) in [6, 6.07) is 12.0. The van der Waals surface area contributed by atoms with E-state index in [1.165, 1.54) is 24.3 Å². The summed E-state index contributed by atoms with van der Waals surface area (Å²) >= 11 is 0. The highest BCUT2D eigenvalue weighted by Gasteiger charge is 2.31. The Balaban J connectivity index is 1.68. The standard InChI is InChI=1S/C18H18N2O5S/c1-12-2-4-13(5-3-12)17(21)19-14-6-8-15(9-7-14)26(23,24)20-16-10-11-25-18(16)22/h2-9,16,20H,10-11H2,1H3,(H,19,21). The summed E-state index contributed by atoms with van der Waals surface area (Å²) < 4.78 is 31.7. The Kier molecular flexibility index (Phi) is 5.06. The van der Waals surface area contributed by atoms with Gasteiger partial charge in [0.15, 0.2) is 0 Å². The number of sulfonamides is 1. The van der Waals surface area contributed by atoms with Crippen LogP contribution in [0.25, 0.3) is 0 Å². The molecule has 0 spiro atoms. The molecule has 2 N–H and O–H groups in total. The van der Waals surface area contributed by atoms with Crippen molar-refractivity contribution in [2.75, 3.05) is 11.9 Å². The molecule has 0 radical (unpaired) electrons. The Hall–Kier alpha value is -2.71. The fourth-order valence-electron chi connectivity index (χ4n) is 2.48. The molecule has 2 aromatic rings. The SMILES string of the molecule is Cc1ccc(C(=O)Nc2ccc(S(=O)(=O)NC3CCOC3=O)cc2)cc1. The molecular formula is C18H18N2O5S. The van der Waals surface area contributed by atoms with Crippen molar-refractivity contribution in [2.45, 2.75) is 24.3 Å². The summed E-state index contributed by atoms with van der Waals surface area (Å²) in [4.78, 5) is 23.6. The second-order valence-electron chi connectivity index (χ2n) is 5.97. The first kappa shape index (κ1) is 18.1. The fourth-order valence-corrected chi connectivity index (χ4v) is 3.70. The van der Waals surface area contributed by atoms with E-state index >= 15 is 0 Å². The van der Waals surface area contributed by atoms with Gasteiger partial charge in [0, 0.05) is 17.7 Å². The highest BCUT2D eigenvalue weighted by Crippen LogP contribution is 2.17. The summed E-state index contributed by atoms with van der Waals surface area (Å²) in [5.74, 6) is -0.858. The summed E-state index contributed by atoms with van der Waals surface area (Å²) in [7, 11) is -3.84. The average Bonchev–Trinajstić information content (AvgIpc) is 3.00. The molecule has 0 saturated carbocycles. The van der Waals surface area contributed by atoms with Crippen LogP contribution < -0.4 is 10.0 Å². The topological polar surface area (TPSA) is 102 Å². The van der Waals surface area contributed by atoms with Gasteiger partial charge in [0.05, 0.1) is 11.5 Å². The lowest BCUT2D eigenvalue weighted by molar-refractivity contribution is -0.139. The molecule has 1 saturated heterocycles. The molecule has 26 heavy (non-hydrogen) atoms. The first-order valence-corrected chi connectivity index (χ1v) is 9.50. The lowest BCUT2D eigenvalue weighted by Crippen LogP contribution is -2.37. The van der Waals surface area contributed by atoms with Gasteiger partial charge in [-0.25, -0.2) is 8.42 Å². The van der Waals surface area contributed by atoms with Crippen LogP contribution in [-0.2, 0) is 19.6 Å². The number of cyclic esters (lactones) is 1. The third-order valence-electron chi connectivity index (χ3n) is 3.97. The van der Waals surface area contributed by atoms with E-state index in [1.807, 2.05) is 19.1 Å². The molecule has 136 valence electrons. The molecule has 3 rings (SSSR count). The first-order valence-electron chi connectivity index (χ1n) is 8.02. The molecule has 1 heterocycles. The monoisotopic (exact) mass is 374 g/mol. The predicted molar refractivity (Wildman–Crippen MR) is 95.3 cm³/mol. The highest BCUT2D eigenvalue weighted by molar-refractivity contribution is 7.89. The molecule has 0 bridgehead atoms. The predicted octanol–water partition coefficient (Wildman–Crippen LogP) is 1.84. The van der Waals surface area contributed by atoms with Gasteiger partial charge in [-0.2, -0.15) is 4.72 Å². The third kappa shape index (κ3) is 4.09. The van der Waals surface area contributed by atoms with Crippen molar-refractivity contribution in [1.29, 1.82) is 0 Å². The number of ether oxygens (including phenoxy) is 1. The van der Waals surface area contributed by atoms with Crippen LogP contribution in [-0.4, -0.2) is 32.9 Å². The number of hydrogen-bond acceptors (Lipinski definition) is 5. The van der Waals surface area contributed by atoms with Gasteiger partial charge in [-0.3, -0.25) is 9.59 Å².